The van der Waals surface area contributed by atoms with Crippen molar-refractivity contribution < 1.29 is 27.8 Å². The summed E-state index contributed by atoms with van der Waals surface area (Å²) in [6.07, 6.45) is 0.317. The molecule has 0 radical (unpaired) electrons. The second kappa shape index (κ2) is 10.6. The zero-order valence-corrected chi connectivity index (χ0v) is 21.7. The Morgan fingerprint density at radius 2 is 1.92 bits per heavy atom. The highest BCUT2D eigenvalue weighted by Gasteiger charge is 2.37. The fourth-order valence-electron chi connectivity index (χ4n) is 4.55. The number of hydrazine groups is 1. The minimum Gasteiger partial charge on any atom is -0.497 e. The van der Waals surface area contributed by atoms with Crippen LogP contribution in [0.5, 0.6) is 17.2 Å². The predicted molar refractivity (Wildman–Crippen MR) is 140 cm³/mol. The van der Waals surface area contributed by atoms with E-state index < -0.39 is 11.9 Å². The van der Waals surface area contributed by atoms with Crippen LogP contribution in [0.2, 0.25) is 0 Å². The number of hydrogen-bond donors (Lipinski definition) is 1. The number of rotatable bonds is 8. The standard InChI is InChI=1S/C28H29FN4O5/c1-32(2)31-27(34)23-14-21-18(15-33(23)28-30-22-11-8-19(29)13-25(22)38-28)7-12-24(36-4)26(21)37-16-17-5-9-20(35-3)10-6-17/h5-13,23H,14-16H2,1-4H3,(H,31,34)/t23-/m0/s1. The highest BCUT2D eigenvalue weighted by atomic mass is 19.1. The van der Waals surface area contributed by atoms with Gasteiger partial charge in [-0.2, -0.15) is 4.98 Å². The molecule has 3 aromatic carbocycles. The van der Waals surface area contributed by atoms with Crippen LogP contribution in [0.1, 0.15) is 16.7 Å². The van der Waals surface area contributed by atoms with E-state index >= 15 is 0 Å². The lowest BCUT2D eigenvalue weighted by atomic mass is 9.92. The number of benzene rings is 3. The summed E-state index contributed by atoms with van der Waals surface area (Å²) in [5, 5.41) is 1.59. The van der Waals surface area contributed by atoms with Crippen LogP contribution in [0.3, 0.4) is 0 Å². The van der Waals surface area contributed by atoms with E-state index in [0.29, 0.717) is 42.2 Å². The van der Waals surface area contributed by atoms with Gasteiger partial charge in [0, 0.05) is 38.7 Å². The lowest BCUT2D eigenvalue weighted by Crippen LogP contribution is -2.53. The maximum atomic E-state index is 13.8. The van der Waals surface area contributed by atoms with E-state index in [0.717, 1.165) is 22.4 Å². The van der Waals surface area contributed by atoms with Crippen molar-refractivity contribution in [2.24, 2.45) is 0 Å². The molecule has 0 fully saturated rings. The van der Waals surface area contributed by atoms with E-state index in [9.17, 15) is 9.18 Å². The summed E-state index contributed by atoms with van der Waals surface area (Å²) in [7, 11) is 6.70. The van der Waals surface area contributed by atoms with Crippen molar-refractivity contribution in [2.45, 2.75) is 25.6 Å². The lowest BCUT2D eigenvalue weighted by molar-refractivity contribution is -0.126. The van der Waals surface area contributed by atoms with Crippen LogP contribution in [0.15, 0.2) is 59.0 Å². The first kappa shape index (κ1) is 25.3. The summed E-state index contributed by atoms with van der Waals surface area (Å²) in [6, 6.07) is 15.2. The fraction of sp³-hybridized carbons (Fsp3) is 0.286. The molecule has 2 heterocycles. The topological polar surface area (TPSA) is 89.3 Å². The number of fused-ring (bicyclic) bond motifs is 2. The minimum absolute atomic E-state index is 0.238. The maximum absolute atomic E-state index is 13.8. The van der Waals surface area contributed by atoms with E-state index in [1.807, 2.05) is 36.4 Å². The number of oxazole rings is 1. The van der Waals surface area contributed by atoms with E-state index in [4.69, 9.17) is 18.6 Å². The Morgan fingerprint density at radius 1 is 1.13 bits per heavy atom. The van der Waals surface area contributed by atoms with Crippen LogP contribution in [0.4, 0.5) is 10.4 Å². The molecule has 10 heteroatoms. The van der Waals surface area contributed by atoms with Crippen molar-refractivity contribution in [2.75, 3.05) is 33.2 Å². The Balaban J connectivity index is 1.51. The van der Waals surface area contributed by atoms with Crippen molar-refractivity contribution in [3.63, 3.8) is 0 Å². The molecule has 0 bridgehead atoms. The van der Waals surface area contributed by atoms with Crippen LogP contribution in [-0.2, 0) is 24.4 Å². The van der Waals surface area contributed by atoms with Gasteiger partial charge in [0.15, 0.2) is 17.1 Å². The van der Waals surface area contributed by atoms with Gasteiger partial charge in [-0.25, -0.2) is 9.40 Å². The van der Waals surface area contributed by atoms with E-state index in [1.165, 1.54) is 12.1 Å². The number of amides is 1. The van der Waals surface area contributed by atoms with Crippen LogP contribution < -0.4 is 24.5 Å². The molecule has 38 heavy (non-hydrogen) atoms. The molecule has 1 aliphatic rings. The van der Waals surface area contributed by atoms with Gasteiger partial charge < -0.3 is 23.5 Å². The van der Waals surface area contributed by atoms with Gasteiger partial charge in [-0.15, -0.1) is 0 Å². The number of aromatic nitrogens is 1. The second-order valence-corrected chi connectivity index (χ2v) is 9.20. The molecule has 1 aliphatic heterocycles. The van der Waals surface area contributed by atoms with Crippen LogP contribution in [-0.4, -0.2) is 50.3 Å². The van der Waals surface area contributed by atoms with E-state index in [-0.39, 0.29) is 11.9 Å². The number of nitrogens with one attached hydrogen (secondary N) is 1. The number of carbonyl (C=O) groups is 1. The zero-order chi connectivity index (χ0) is 26.8. The molecular weight excluding hydrogens is 491 g/mol. The molecular formula is C28H29FN4O5. The smallest absolute Gasteiger partial charge is 0.299 e. The van der Waals surface area contributed by atoms with Gasteiger partial charge >= 0.3 is 0 Å². The third-order valence-corrected chi connectivity index (χ3v) is 6.42. The molecule has 1 N–H and O–H groups in total. The van der Waals surface area contributed by atoms with Gasteiger partial charge in [-0.1, -0.05) is 18.2 Å². The number of anilines is 1. The van der Waals surface area contributed by atoms with Gasteiger partial charge in [0.25, 0.3) is 11.9 Å². The van der Waals surface area contributed by atoms with Crippen molar-refractivity contribution in [1.82, 2.24) is 15.4 Å². The predicted octanol–water partition coefficient (Wildman–Crippen LogP) is 4.09. The van der Waals surface area contributed by atoms with E-state index in [2.05, 4.69) is 10.4 Å². The molecule has 1 aromatic heterocycles. The molecule has 0 spiro atoms. The number of halogens is 1. The molecule has 198 valence electrons. The number of methoxy groups -OCH3 is 2. The number of nitrogens with zero attached hydrogens (tertiary/aromatic N) is 3. The Labute approximate surface area is 219 Å². The molecule has 0 saturated carbocycles. The van der Waals surface area contributed by atoms with Crippen molar-refractivity contribution in [3.05, 3.63) is 77.1 Å². The van der Waals surface area contributed by atoms with Gasteiger partial charge in [0.1, 0.15) is 29.7 Å². The molecule has 1 atom stereocenters. The summed E-state index contributed by atoms with van der Waals surface area (Å²) < 4.78 is 36.8. The molecule has 4 aromatic rings. The quantitative estimate of drug-likeness (QED) is 0.348. The largest absolute Gasteiger partial charge is 0.497 e. The highest BCUT2D eigenvalue weighted by Crippen LogP contribution is 2.40. The SMILES string of the molecule is COc1ccc(COc2c(OC)ccc3c2C[C@@H](C(=O)NN(C)C)N(c2nc4ccc(F)cc4o2)C3)cc1. The van der Waals surface area contributed by atoms with Crippen LogP contribution in [0, 0.1) is 5.82 Å². The van der Waals surface area contributed by atoms with E-state index in [1.54, 1.807) is 44.3 Å². The number of carbonyl (C=O) groups excluding carboxylic acids is 1. The molecule has 0 aliphatic carbocycles. The highest BCUT2D eigenvalue weighted by molar-refractivity contribution is 5.86. The van der Waals surface area contributed by atoms with Gasteiger partial charge in [-0.3, -0.25) is 10.2 Å². The first-order valence-electron chi connectivity index (χ1n) is 12.1. The third-order valence-electron chi connectivity index (χ3n) is 6.42. The average molecular weight is 521 g/mol. The monoisotopic (exact) mass is 520 g/mol. The number of ether oxygens (including phenoxy) is 3. The first-order valence-corrected chi connectivity index (χ1v) is 12.1. The minimum atomic E-state index is -0.668. The van der Waals surface area contributed by atoms with Crippen molar-refractivity contribution in [3.8, 4) is 17.2 Å². The fourth-order valence-corrected chi connectivity index (χ4v) is 4.55. The van der Waals surface area contributed by atoms with Crippen LogP contribution >= 0.6 is 0 Å². The summed E-state index contributed by atoms with van der Waals surface area (Å²) in [4.78, 5) is 19.7. The Hall–Kier alpha value is -4.31. The zero-order valence-electron chi connectivity index (χ0n) is 21.7. The van der Waals surface area contributed by atoms with Crippen molar-refractivity contribution >= 4 is 23.0 Å². The summed E-state index contributed by atoms with van der Waals surface area (Å²) in [5.41, 5.74) is 6.44. The Kier molecular flexibility index (Phi) is 7.06. The molecule has 1 amide bonds. The normalized spacial score (nSPS) is 14.9. The average Bonchev–Trinajstić information content (AvgIpc) is 3.33. The molecule has 9 nitrogen and oxygen atoms in total. The first-order chi connectivity index (χ1) is 18.4. The Bertz CT molecular complexity index is 1450. The summed E-state index contributed by atoms with van der Waals surface area (Å²) >= 11 is 0. The third kappa shape index (κ3) is 5.08. The lowest BCUT2D eigenvalue weighted by Gasteiger charge is -2.36. The summed E-state index contributed by atoms with van der Waals surface area (Å²) in [5.74, 6) is 1.27. The van der Waals surface area contributed by atoms with Gasteiger partial charge in [-0.05, 0) is 41.5 Å². The number of hydrogen-bond acceptors (Lipinski definition) is 8. The van der Waals surface area contributed by atoms with Crippen LogP contribution in [0.25, 0.3) is 11.1 Å². The second-order valence-electron chi connectivity index (χ2n) is 9.20. The van der Waals surface area contributed by atoms with Crippen molar-refractivity contribution in [1.29, 1.82) is 0 Å². The molecule has 5 rings (SSSR count). The van der Waals surface area contributed by atoms with Gasteiger partial charge in [0.05, 0.1) is 14.2 Å². The van der Waals surface area contributed by atoms with Gasteiger partial charge in [0.2, 0.25) is 0 Å². The Morgan fingerprint density at radius 3 is 2.63 bits per heavy atom. The molecule has 0 saturated heterocycles. The maximum Gasteiger partial charge on any atom is 0.299 e. The molecule has 0 unspecified atom stereocenters. The summed E-state index contributed by atoms with van der Waals surface area (Å²) in [6.45, 7) is 0.644.